The van der Waals surface area contributed by atoms with E-state index in [0.29, 0.717) is 0 Å². The largest absolute Gasteiger partial charge is 0.469 e. The number of alkyl halides is 2. The fourth-order valence-electron chi connectivity index (χ4n) is 0.576. The van der Waals surface area contributed by atoms with Gasteiger partial charge < -0.3 is 4.74 Å². The summed E-state index contributed by atoms with van der Waals surface area (Å²) in [5.41, 5.74) is 0. The van der Waals surface area contributed by atoms with Gasteiger partial charge in [0.2, 0.25) is 0 Å². The predicted molar refractivity (Wildman–Crippen MR) is 40.2 cm³/mol. The summed E-state index contributed by atoms with van der Waals surface area (Å²) in [6.45, 7) is 1.32. The van der Waals surface area contributed by atoms with Crippen molar-refractivity contribution in [2.45, 2.75) is 24.4 Å². The zero-order chi connectivity index (χ0) is 9.72. The van der Waals surface area contributed by atoms with Crippen LogP contribution in [0.2, 0.25) is 0 Å². The monoisotopic (exact) mass is 200 g/mol. The minimum Gasteiger partial charge on any atom is -0.469 e. The first kappa shape index (κ1) is 11.5. The molecule has 0 radical (unpaired) electrons. The topological polar surface area (TPSA) is 43.4 Å². The third-order valence-corrected chi connectivity index (χ3v) is 2.57. The van der Waals surface area contributed by atoms with Gasteiger partial charge in [0, 0.05) is 5.25 Å². The Morgan fingerprint density at radius 3 is 2.42 bits per heavy atom. The van der Waals surface area contributed by atoms with E-state index in [2.05, 4.69) is 4.74 Å². The first-order chi connectivity index (χ1) is 5.49. The number of rotatable bonds is 4. The quantitative estimate of drug-likeness (QED) is 0.633. The SMILES string of the molecule is COC(=O)CC(C)S(=O)C(F)F. The molecule has 0 heterocycles. The van der Waals surface area contributed by atoms with E-state index >= 15 is 0 Å². The molecule has 72 valence electrons. The molecule has 0 spiro atoms. The third kappa shape index (κ3) is 3.75. The van der Waals surface area contributed by atoms with Crippen molar-refractivity contribution in [1.29, 1.82) is 0 Å². The van der Waals surface area contributed by atoms with Crippen LogP contribution in [0.15, 0.2) is 0 Å². The lowest BCUT2D eigenvalue weighted by atomic mass is 10.3. The molecule has 2 unspecified atom stereocenters. The summed E-state index contributed by atoms with van der Waals surface area (Å²) in [6, 6.07) is 0. The van der Waals surface area contributed by atoms with Gasteiger partial charge in [-0.15, -0.1) is 0 Å². The number of carbonyl (C=O) groups excluding carboxylic acids is 1. The molecule has 3 nitrogen and oxygen atoms in total. The van der Waals surface area contributed by atoms with Gasteiger partial charge in [-0.2, -0.15) is 8.78 Å². The second kappa shape index (κ2) is 5.18. The molecule has 0 aliphatic rings. The van der Waals surface area contributed by atoms with E-state index in [0.717, 1.165) is 7.11 Å². The number of methoxy groups -OCH3 is 1. The standard InChI is InChI=1S/C6H10F2O3S/c1-4(3-5(9)11-2)12(10)6(7)8/h4,6H,3H2,1-2H3. The maximum absolute atomic E-state index is 11.8. The molecule has 0 aromatic heterocycles. The van der Waals surface area contributed by atoms with Crippen LogP contribution >= 0.6 is 0 Å². The zero-order valence-electron chi connectivity index (χ0n) is 6.75. The van der Waals surface area contributed by atoms with Crippen LogP contribution in [0.4, 0.5) is 8.78 Å². The molecule has 0 aliphatic carbocycles. The molecule has 0 aromatic carbocycles. The Bertz CT molecular complexity index is 184. The van der Waals surface area contributed by atoms with Crippen molar-refractivity contribution >= 4 is 16.8 Å². The zero-order valence-corrected chi connectivity index (χ0v) is 7.57. The van der Waals surface area contributed by atoms with Gasteiger partial charge >= 0.3 is 11.7 Å². The fraction of sp³-hybridized carbons (Fsp3) is 0.833. The van der Waals surface area contributed by atoms with Crippen molar-refractivity contribution in [1.82, 2.24) is 0 Å². The van der Waals surface area contributed by atoms with E-state index in [-0.39, 0.29) is 6.42 Å². The highest BCUT2D eigenvalue weighted by atomic mass is 32.2. The third-order valence-electron chi connectivity index (χ3n) is 1.25. The van der Waals surface area contributed by atoms with Crippen molar-refractivity contribution in [2.24, 2.45) is 0 Å². The van der Waals surface area contributed by atoms with Crippen molar-refractivity contribution in [3.8, 4) is 0 Å². The van der Waals surface area contributed by atoms with Crippen LogP contribution in [0.25, 0.3) is 0 Å². The highest BCUT2D eigenvalue weighted by Crippen LogP contribution is 2.10. The van der Waals surface area contributed by atoms with E-state index < -0.39 is 27.8 Å². The van der Waals surface area contributed by atoms with Gasteiger partial charge in [0.1, 0.15) is 0 Å². The van der Waals surface area contributed by atoms with Crippen LogP contribution < -0.4 is 0 Å². The molecule has 0 saturated carbocycles. The molecule has 12 heavy (non-hydrogen) atoms. The van der Waals surface area contributed by atoms with Crippen molar-refractivity contribution in [3.63, 3.8) is 0 Å². The van der Waals surface area contributed by atoms with Crippen LogP contribution in [-0.4, -0.2) is 28.3 Å². The lowest BCUT2D eigenvalue weighted by molar-refractivity contribution is -0.140. The molecule has 0 amide bonds. The van der Waals surface area contributed by atoms with Crippen LogP contribution in [0.5, 0.6) is 0 Å². The van der Waals surface area contributed by atoms with Crippen LogP contribution in [0.1, 0.15) is 13.3 Å². The van der Waals surface area contributed by atoms with Gasteiger partial charge in [-0.1, -0.05) is 6.92 Å². The smallest absolute Gasteiger partial charge is 0.312 e. The number of ether oxygens (including phenoxy) is 1. The van der Waals surface area contributed by atoms with E-state index in [1.165, 1.54) is 6.92 Å². The number of hydrogen-bond donors (Lipinski definition) is 0. The van der Waals surface area contributed by atoms with Crippen LogP contribution in [-0.2, 0) is 20.3 Å². The van der Waals surface area contributed by atoms with Crippen LogP contribution in [0.3, 0.4) is 0 Å². The second-order valence-electron chi connectivity index (χ2n) is 2.18. The van der Waals surface area contributed by atoms with E-state index in [9.17, 15) is 17.8 Å². The number of hydrogen-bond acceptors (Lipinski definition) is 3. The molecule has 2 atom stereocenters. The number of halogens is 2. The average molecular weight is 200 g/mol. The van der Waals surface area contributed by atoms with E-state index in [1.807, 2.05) is 0 Å². The molecule has 6 heteroatoms. The Morgan fingerprint density at radius 1 is 1.58 bits per heavy atom. The fourth-order valence-corrected chi connectivity index (χ4v) is 1.23. The Hall–Kier alpha value is -0.520. The van der Waals surface area contributed by atoms with E-state index in [4.69, 9.17) is 0 Å². The highest BCUT2D eigenvalue weighted by Gasteiger charge is 2.23. The highest BCUT2D eigenvalue weighted by molar-refractivity contribution is 7.85. The maximum atomic E-state index is 11.8. The molecule has 0 rings (SSSR count). The van der Waals surface area contributed by atoms with Gasteiger partial charge in [-0.3, -0.25) is 9.00 Å². The number of esters is 1. The summed E-state index contributed by atoms with van der Waals surface area (Å²) < 4.78 is 38.4. The predicted octanol–water partition coefficient (Wildman–Crippen LogP) is 0.909. The molecule has 0 aliphatic heterocycles. The second-order valence-corrected chi connectivity index (χ2v) is 4.00. The van der Waals surface area contributed by atoms with Crippen molar-refractivity contribution in [3.05, 3.63) is 0 Å². The Labute approximate surface area is 71.5 Å². The summed E-state index contributed by atoms with van der Waals surface area (Å²) in [4.78, 5) is 10.5. The molecule has 0 N–H and O–H groups in total. The molecule has 0 fully saturated rings. The van der Waals surface area contributed by atoms with Gasteiger partial charge in [0.25, 0.3) is 0 Å². The molecular formula is C6H10F2O3S. The normalized spacial score (nSPS) is 15.8. The first-order valence-electron chi connectivity index (χ1n) is 3.23. The molecule has 0 saturated heterocycles. The lowest BCUT2D eigenvalue weighted by Gasteiger charge is -2.08. The summed E-state index contributed by atoms with van der Waals surface area (Å²) >= 11 is 0. The lowest BCUT2D eigenvalue weighted by Crippen LogP contribution is -2.21. The average Bonchev–Trinajstić information content (AvgIpc) is 2.02. The minimum atomic E-state index is -2.90. The van der Waals surface area contributed by atoms with Crippen molar-refractivity contribution < 1.29 is 22.5 Å². The number of carbonyl (C=O) groups is 1. The summed E-state index contributed by atoms with van der Waals surface area (Å²) in [7, 11) is -1.12. The van der Waals surface area contributed by atoms with Gasteiger partial charge in [-0.25, -0.2) is 0 Å². The minimum absolute atomic E-state index is 0.243. The van der Waals surface area contributed by atoms with Gasteiger partial charge in [0.15, 0.2) is 0 Å². The molecule has 0 bridgehead atoms. The Morgan fingerprint density at radius 2 is 2.08 bits per heavy atom. The maximum Gasteiger partial charge on any atom is 0.312 e. The van der Waals surface area contributed by atoms with Gasteiger partial charge in [-0.05, 0) is 0 Å². The summed E-state index contributed by atoms with van der Waals surface area (Å²) in [5, 5.41) is -0.863. The Balaban J connectivity index is 3.95. The molecule has 0 aromatic rings. The first-order valence-corrected chi connectivity index (χ1v) is 4.51. The Kier molecular flexibility index (Phi) is 4.96. The summed E-state index contributed by atoms with van der Waals surface area (Å²) in [6.07, 6.45) is -0.243. The molecular weight excluding hydrogens is 190 g/mol. The van der Waals surface area contributed by atoms with Crippen molar-refractivity contribution in [2.75, 3.05) is 7.11 Å². The van der Waals surface area contributed by atoms with E-state index in [1.54, 1.807) is 0 Å². The van der Waals surface area contributed by atoms with Crippen LogP contribution in [0, 0.1) is 0 Å². The summed E-state index contributed by atoms with van der Waals surface area (Å²) in [5.74, 6) is -3.53. The van der Waals surface area contributed by atoms with Gasteiger partial charge in [0.05, 0.1) is 24.3 Å².